The van der Waals surface area contributed by atoms with Crippen molar-refractivity contribution in [2.24, 2.45) is 5.73 Å². The normalized spacial score (nSPS) is 7.30. The Bertz CT molecular complexity index is 160. The maximum absolute atomic E-state index is 5.35. The van der Waals surface area contributed by atoms with Crippen molar-refractivity contribution < 1.29 is 20.3 Å². The molecule has 2 N–H and O–H groups in total. The van der Waals surface area contributed by atoms with Crippen molar-refractivity contribution in [3.8, 4) is 0 Å². The second-order valence-electron chi connectivity index (χ2n) is 1.69. The molecule has 1 nitrogen and oxygen atoms in total. The van der Waals surface area contributed by atoms with Crippen molar-refractivity contribution in [1.29, 1.82) is 0 Å². The molecule has 0 heterocycles. The Morgan fingerprint density at radius 1 is 1.20 bits per heavy atom. The molecule has 0 aliphatic heterocycles. The van der Waals surface area contributed by atoms with Gasteiger partial charge in [0.15, 0.2) is 0 Å². The molecule has 3 heteroatoms. The van der Waals surface area contributed by atoms with Crippen LogP contribution in [0.25, 0.3) is 0 Å². The average Bonchev–Trinajstić information content (AvgIpc) is 1.90. The molecule has 0 aromatic heterocycles. The van der Waals surface area contributed by atoms with E-state index in [9.17, 15) is 0 Å². The molecule has 52 valence electrons. The number of rotatable bonds is 1. The first-order valence-electron chi connectivity index (χ1n) is 2.67. The number of hydrogen-bond acceptors (Lipinski definition) is 1. The average molecular weight is 152 g/mol. The Morgan fingerprint density at radius 3 is 2.00 bits per heavy atom. The zero-order valence-corrected chi connectivity index (χ0v) is 6.90. The molecule has 0 aliphatic carbocycles. The quantitative estimate of drug-likeness (QED) is 0.496. The number of halogens is 1. The van der Waals surface area contributed by atoms with E-state index < -0.39 is 0 Å². The molecule has 0 aliphatic rings. The van der Waals surface area contributed by atoms with E-state index >= 15 is 0 Å². The van der Waals surface area contributed by atoms with Gasteiger partial charge in [0, 0.05) is 6.54 Å². The predicted octanol–water partition coefficient (Wildman–Crippen LogP) is -1.32. The summed E-state index contributed by atoms with van der Waals surface area (Å²) in [5.41, 5.74) is 6.54. The van der Waals surface area contributed by atoms with Gasteiger partial charge >= 0.3 is 18.9 Å². The third kappa shape index (κ3) is 3.98. The van der Waals surface area contributed by atoms with E-state index in [1.807, 2.05) is 30.3 Å². The summed E-state index contributed by atoms with van der Waals surface area (Å²) in [7, 11) is 0. The molecule has 10 heavy (non-hydrogen) atoms. The Hall–Kier alpha value is 0.0674. The first-order valence-corrected chi connectivity index (χ1v) is 2.67. The van der Waals surface area contributed by atoms with Crippen molar-refractivity contribution in [2.75, 3.05) is 0 Å². The Labute approximate surface area is 81.1 Å². The summed E-state index contributed by atoms with van der Waals surface area (Å²) in [6.45, 7) is 0.640. The Morgan fingerprint density at radius 2 is 1.70 bits per heavy atom. The molecule has 0 amide bonds. The van der Waals surface area contributed by atoms with Crippen molar-refractivity contribution in [3.05, 3.63) is 35.9 Å². The first-order chi connectivity index (χ1) is 3.93. The fraction of sp³-hybridized carbons (Fsp3) is 0.143. The minimum Gasteiger partial charge on any atom is -1.00 e. The molecular formula is C7H11ClLiN. The zero-order chi connectivity index (χ0) is 5.82. The number of benzene rings is 1. The van der Waals surface area contributed by atoms with Gasteiger partial charge < -0.3 is 7.16 Å². The SMILES string of the molecule is Cl.NCc1ccccc1.[H-].[Li+]. The zero-order valence-electron chi connectivity index (χ0n) is 7.08. The van der Waals surface area contributed by atoms with Gasteiger partial charge in [0.2, 0.25) is 0 Å². The molecule has 1 aromatic rings. The largest absolute Gasteiger partial charge is 1.00 e. The van der Waals surface area contributed by atoms with E-state index in [0.29, 0.717) is 6.54 Å². The van der Waals surface area contributed by atoms with Gasteiger partial charge in [0.25, 0.3) is 0 Å². The maximum Gasteiger partial charge on any atom is 1.00 e. The van der Waals surface area contributed by atoms with E-state index in [1.165, 1.54) is 5.56 Å². The second kappa shape index (κ2) is 7.18. The summed E-state index contributed by atoms with van der Waals surface area (Å²) in [5.74, 6) is 0. The molecular weight excluding hydrogens is 140 g/mol. The van der Waals surface area contributed by atoms with Gasteiger partial charge in [-0.05, 0) is 5.56 Å². The molecule has 0 bridgehead atoms. The van der Waals surface area contributed by atoms with Crippen LogP contribution in [-0.4, -0.2) is 0 Å². The molecule has 0 saturated heterocycles. The summed E-state index contributed by atoms with van der Waals surface area (Å²) >= 11 is 0. The molecule has 0 atom stereocenters. The fourth-order valence-electron chi connectivity index (χ4n) is 0.614. The molecule has 1 aromatic carbocycles. The van der Waals surface area contributed by atoms with Crippen molar-refractivity contribution in [3.63, 3.8) is 0 Å². The molecule has 1 rings (SSSR count). The van der Waals surface area contributed by atoms with E-state index in [4.69, 9.17) is 5.73 Å². The van der Waals surface area contributed by atoms with Crippen molar-refractivity contribution in [2.45, 2.75) is 6.54 Å². The van der Waals surface area contributed by atoms with Gasteiger partial charge in [-0.1, -0.05) is 30.3 Å². The maximum atomic E-state index is 5.35. The molecule has 0 fully saturated rings. The molecule has 0 saturated carbocycles. The second-order valence-corrected chi connectivity index (χ2v) is 1.69. The Balaban J connectivity index is -0.000000213. The van der Waals surface area contributed by atoms with Gasteiger partial charge in [-0.3, -0.25) is 0 Å². The topological polar surface area (TPSA) is 26.0 Å². The summed E-state index contributed by atoms with van der Waals surface area (Å²) in [5, 5.41) is 0. The minimum atomic E-state index is 0. The van der Waals surface area contributed by atoms with Gasteiger partial charge in [-0.15, -0.1) is 12.4 Å². The first kappa shape index (κ1) is 12.7. The van der Waals surface area contributed by atoms with Gasteiger partial charge in [0.1, 0.15) is 0 Å². The minimum absolute atomic E-state index is 0. The van der Waals surface area contributed by atoms with Gasteiger partial charge in [-0.2, -0.15) is 0 Å². The fourth-order valence-corrected chi connectivity index (χ4v) is 0.614. The predicted molar refractivity (Wildman–Crippen MR) is 42.7 cm³/mol. The summed E-state index contributed by atoms with van der Waals surface area (Å²) < 4.78 is 0. The van der Waals surface area contributed by atoms with Gasteiger partial charge in [0.05, 0.1) is 0 Å². The van der Waals surface area contributed by atoms with Crippen LogP contribution < -0.4 is 24.6 Å². The summed E-state index contributed by atoms with van der Waals surface area (Å²) in [6.07, 6.45) is 0. The summed E-state index contributed by atoms with van der Waals surface area (Å²) in [4.78, 5) is 0. The smallest absolute Gasteiger partial charge is 1.00 e. The van der Waals surface area contributed by atoms with Crippen LogP contribution >= 0.6 is 12.4 Å². The van der Waals surface area contributed by atoms with Crippen LogP contribution in [0.3, 0.4) is 0 Å². The Kier molecular flexibility index (Phi) is 9.13. The van der Waals surface area contributed by atoms with Crippen molar-refractivity contribution in [1.82, 2.24) is 0 Å². The van der Waals surface area contributed by atoms with Crippen LogP contribution in [0.5, 0.6) is 0 Å². The standard InChI is InChI=1S/C7H9N.ClH.Li.H/c8-6-7-4-2-1-3-5-7;;;/h1-5H,6,8H2;1H;;/q;;+1;-1. The summed E-state index contributed by atoms with van der Waals surface area (Å²) in [6, 6.07) is 9.99. The third-order valence-electron chi connectivity index (χ3n) is 1.08. The van der Waals surface area contributed by atoms with Crippen LogP contribution in [0.4, 0.5) is 0 Å². The number of hydrogen-bond donors (Lipinski definition) is 1. The molecule has 0 unspecified atom stereocenters. The van der Waals surface area contributed by atoms with Gasteiger partial charge in [-0.25, -0.2) is 0 Å². The van der Waals surface area contributed by atoms with E-state index in [1.54, 1.807) is 0 Å². The molecule has 0 radical (unpaired) electrons. The van der Waals surface area contributed by atoms with Crippen LogP contribution in [0, 0.1) is 0 Å². The monoisotopic (exact) mass is 151 g/mol. The van der Waals surface area contributed by atoms with Crippen LogP contribution in [-0.2, 0) is 6.54 Å². The molecule has 0 spiro atoms. The third-order valence-corrected chi connectivity index (χ3v) is 1.08. The van der Waals surface area contributed by atoms with E-state index in [2.05, 4.69) is 0 Å². The van der Waals surface area contributed by atoms with Crippen LogP contribution in [0.2, 0.25) is 0 Å². The van der Waals surface area contributed by atoms with Crippen LogP contribution in [0.15, 0.2) is 30.3 Å². The van der Waals surface area contributed by atoms with E-state index in [0.717, 1.165) is 0 Å². The van der Waals surface area contributed by atoms with E-state index in [-0.39, 0.29) is 32.7 Å². The van der Waals surface area contributed by atoms with Crippen LogP contribution in [0.1, 0.15) is 6.99 Å². The number of nitrogens with two attached hydrogens (primary N) is 1. The van der Waals surface area contributed by atoms with Crippen molar-refractivity contribution >= 4 is 12.4 Å².